The molecule has 1 heterocycles. The highest BCUT2D eigenvalue weighted by Crippen LogP contribution is 2.29. The molecule has 2 atom stereocenters. The second-order valence-electron chi connectivity index (χ2n) is 9.12. The van der Waals surface area contributed by atoms with Crippen molar-refractivity contribution in [1.82, 2.24) is 10.2 Å². The molecular formula is C26H35N5O5. The molecule has 4 N–H and O–H groups in total. The fraction of sp³-hybridized carbons (Fsp3) is 0.462. The van der Waals surface area contributed by atoms with Crippen LogP contribution in [0.4, 0.5) is 11.4 Å². The highest BCUT2D eigenvalue weighted by Gasteiger charge is 2.43. The molecule has 36 heavy (non-hydrogen) atoms. The largest absolute Gasteiger partial charge is 0.484 e. The number of nitro benzene ring substituents is 1. The summed E-state index contributed by atoms with van der Waals surface area (Å²) in [5, 5.41) is 17.3. The molecule has 1 unspecified atom stereocenters. The van der Waals surface area contributed by atoms with Crippen LogP contribution in [0.1, 0.15) is 45.4 Å². The Morgan fingerprint density at radius 2 is 1.89 bits per heavy atom. The Balaban J connectivity index is 1.86. The third kappa shape index (κ3) is 7.25. The zero-order valence-electron chi connectivity index (χ0n) is 20.7. The van der Waals surface area contributed by atoms with Gasteiger partial charge in [0, 0.05) is 17.8 Å². The number of benzene rings is 2. The van der Waals surface area contributed by atoms with E-state index >= 15 is 0 Å². The molecule has 0 aromatic heterocycles. The van der Waals surface area contributed by atoms with Gasteiger partial charge in [0.15, 0.2) is 6.61 Å². The van der Waals surface area contributed by atoms with Crippen molar-refractivity contribution in [2.75, 3.05) is 25.0 Å². The second kappa shape index (κ2) is 13.0. The first kappa shape index (κ1) is 27.1. The number of unbranched alkanes of at least 4 members (excludes halogenated alkanes) is 1. The smallest absolute Gasteiger partial charge is 0.269 e. The zero-order valence-corrected chi connectivity index (χ0v) is 20.7. The van der Waals surface area contributed by atoms with Crippen LogP contribution in [0.3, 0.4) is 0 Å². The molecule has 2 aromatic rings. The van der Waals surface area contributed by atoms with E-state index < -0.39 is 16.6 Å². The molecule has 0 bridgehead atoms. The molecule has 10 nitrogen and oxygen atoms in total. The Kier molecular flexibility index (Phi) is 9.77. The van der Waals surface area contributed by atoms with Crippen molar-refractivity contribution in [2.45, 2.75) is 57.2 Å². The molecular weight excluding hydrogens is 462 g/mol. The van der Waals surface area contributed by atoms with Gasteiger partial charge in [-0.3, -0.25) is 25.0 Å². The van der Waals surface area contributed by atoms with Crippen molar-refractivity contribution in [3.05, 3.63) is 64.7 Å². The van der Waals surface area contributed by atoms with Crippen LogP contribution in [-0.4, -0.2) is 53.0 Å². The Labute approximate surface area is 211 Å². The van der Waals surface area contributed by atoms with Gasteiger partial charge >= 0.3 is 0 Å². The summed E-state index contributed by atoms with van der Waals surface area (Å²) in [7, 11) is 0. The number of ether oxygens (including phenoxy) is 1. The van der Waals surface area contributed by atoms with Crippen LogP contribution < -0.4 is 21.1 Å². The fourth-order valence-corrected chi connectivity index (χ4v) is 4.52. The average molecular weight is 498 g/mol. The summed E-state index contributed by atoms with van der Waals surface area (Å²) in [6.07, 6.45) is 4.41. The quantitative estimate of drug-likeness (QED) is 0.232. The van der Waals surface area contributed by atoms with Crippen molar-refractivity contribution >= 4 is 23.2 Å². The van der Waals surface area contributed by atoms with E-state index in [9.17, 15) is 19.7 Å². The van der Waals surface area contributed by atoms with E-state index in [1.54, 1.807) is 17.0 Å². The van der Waals surface area contributed by atoms with E-state index in [1.165, 1.54) is 24.3 Å². The lowest BCUT2D eigenvalue weighted by atomic mass is 9.93. The number of nitro groups is 1. The number of nitrogens with two attached hydrogens (primary N) is 1. The monoisotopic (exact) mass is 497 g/mol. The van der Waals surface area contributed by atoms with E-state index in [0.717, 1.165) is 19.4 Å². The molecule has 0 aliphatic carbocycles. The Bertz CT molecular complexity index is 1010. The van der Waals surface area contributed by atoms with Crippen molar-refractivity contribution in [1.29, 1.82) is 0 Å². The first-order valence-corrected chi connectivity index (χ1v) is 12.3. The van der Waals surface area contributed by atoms with Gasteiger partial charge in [-0.25, -0.2) is 0 Å². The predicted octanol–water partition coefficient (Wildman–Crippen LogP) is 3.43. The number of piperidine rings is 1. The summed E-state index contributed by atoms with van der Waals surface area (Å²) < 4.78 is 5.76. The highest BCUT2D eigenvalue weighted by atomic mass is 16.6. The van der Waals surface area contributed by atoms with Crippen LogP contribution in [0.15, 0.2) is 54.6 Å². The highest BCUT2D eigenvalue weighted by molar-refractivity contribution is 5.97. The average Bonchev–Trinajstić information content (AvgIpc) is 2.88. The molecule has 0 spiro atoms. The minimum Gasteiger partial charge on any atom is -0.484 e. The molecule has 1 aliphatic rings. The van der Waals surface area contributed by atoms with Crippen molar-refractivity contribution in [3.63, 3.8) is 0 Å². The SMILES string of the molecule is CC1(N(C(=O)COc2ccccc2)[C@@H](CCCCN)C(=O)Nc2ccc([N+](=O)[O-])cc2)CCCCN1. The molecule has 1 fully saturated rings. The van der Waals surface area contributed by atoms with Gasteiger partial charge in [-0.05, 0) is 82.8 Å². The number of amides is 2. The minimum atomic E-state index is -0.783. The number of rotatable bonds is 12. The van der Waals surface area contributed by atoms with Gasteiger partial charge in [-0.1, -0.05) is 18.2 Å². The van der Waals surface area contributed by atoms with Gasteiger partial charge < -0.3 is 20.7 Å². The maximum Gasteiger partial charge on any atom is 0.269 e. The summed E-state index contributed by atoms with van der Waals surface area (Å²) in [5.41, 5.74) is 5.33. The van der Waals surface area contributed by atoms with Gasteiger partial charge in [0.2, 0.25) is 5.91 Å². The van der Waals surface area contributed by atoms with Crippen LogP contribution in [0, 0.1) is 10.1 Å². The van der Waals surface area contributed by atoms with Crippen molar-refractivity contribution in [2.24, 2.45) is 5.73 Å². The van der Waals surface area contributed by atoms with Crippen molar-refractivity contribution in [3.8, 4) is 5.75 Å². The van der Waals surface area contributed by atoms with Gasteiger partial charge in [0.1, 0.15) is 11.8 Å². The molecule has 2 amide bonds. The fourth-order valence-electron chi connectivity index (χ4n) is 4.52. The van der Waals surface area contributed by atoms with E-state index in [0.29, 0.717) is 43.7 Å². The van der Waals surface area contributed by atoms with Crippen LogP contribution in [0.5, 0.6) is 5.75 Å². The van der Waals surface area contributed by atoms with Crippen LogP contribution in [-0.2, 0) is 9.59 Å². The van der Waals surface area contributed by atoms with Crippen LogP contribution in [0.2, 0.25) is 0 Å². The Morgan fingerprint density at radius 3 is 2.50 bits per heavy atom. The number of nitrogens with one attached hydrogen (secondary N) is 2. The lowest BCUT2D eigenvalue weighted by molar-refractivity contribution is -0.384. The van der Waals surface area contributed by atoms with Gasteiger partial charge in [0.25, 0.3) is 11.6 Å². The Hall–Kier alpha value is -3.50. The van der Waals surface area contributed by atoms with E-state index in [-0.39, 0.29) is 24.1 Å². The Morgan fingerprint density at radius 1 is 1.17 bits per heavy atom. The lowest BCUT2D eigenvalue weighted by Crippen LogP contribution is -2.66. The van der Waals surface area contributed by atoms with Crippen LogP contribution in [0.25, 0.3) is 0 Å². The van der Waals surface area contributed by atoms with Gasteiger partial charge in [-0.2, -0.15) is 0 Å². The number of para-hydroxylation sites is 1. The van der Waals surface area contributed by atoms with Gasteiger partial charge in [-0.15, -0.1) is 0 Å². The number of carbonyl (C=O) groups excluding carboxylic acids is 2. The van der Waals surface area contributed by atoms with Crippen LogP contribution >= 0.6 is 0 Å². The molecule has 10 heteroatoms. The predicted molar refractivity (Wildman–Crippen MR) is 137 cm³/mol. The number of hydrogen-bond donors (Lipinski definition) is 3. The summed E-state index contributed by atoms with van der Waals surface area (Å²) in [6.45, 7) is 2.96. The second-order valence-corrected chi connectivity index (χ2v) is 9.12. The van der Waals surface area contributed by atoms with E-state index in [1.807, 2.05) is 25.1 Å². The van der Waals surface area contributed by atoms with E-state index in [2.05, 4.69) is 10.6 Å². The first-order chi connectivity index (χ1) is 17.3. The summed E-state index contributed by atoms with van der Waals surface area (Å²) in [4.78, 5) is 39.4. The summed E-state index contributed by atoms with van der Waals surface area (Å²) in [6, 6.07) is 13.9. The molecule has 1 saturated heterocycles. The number of non-ortho nitro benzene ring substituents is 1. The maximum absolute atomic E-state index is 13.7. The molecule has 1 aliphatic heterocycles. The molecule has 2 aromatic carbocycles. The summed E-state index contributed by atoms with van der Waals surface area (Å²) >= 11 is 0. The molecule has 0 saturated carbocycles. The third-order valence-corrected chi connectivity index (χ3v) is 6.39. The molecule has 3 rings (SSSR count). The zero-order chi connectivity index (χ0) is 26.0. The molecule has 194 valence electrons. The minimum absolute atomic E-state index is 0.0683. The topological polar surface area (TPSA) is 140 Å². The summed E-state index contributed by atoms with van der Waals surface area (Å²) in [5.74, 6) is -0.0857. The lowest BCUT2D eigenvalue weighted by Gasteiger charge is -2.48. The van der Waals surface area contributed by atoms with E-state index in [4.69, 9.17) is 10.5 Å². The third-order valence-electron chi connectivity index (χ3n) is 6.39. The number of carbonyl (C=O) groups is 2. The maximum atomic E-state index is 13.7. The van der Waals surface area contributed by atoms with Gasteiger partial charge in [0.05, 0.1) is 10.6 Å². The van der Waals surface area contributed by atoms with Crippen molar-refractivity contribution < 1.29 is 19.2 Å². The number of hydrogen-bond acceptors (Lipinski definition) is 7. The normalized spacial score (nSPS) is 18.2. The number of nitrogens with zero attached hydrogens (tertiary/aromatic N) is 2. The standard InChI is InChI=1S/C26H35N5O5/c1-26(16-6-8-18-28-26)30(24(32)19-36-22-9-3-2-4-10-22)23(11-5-7-17-27)25(33)29-20-12-14-21(15-13-20)31(34)35/h2-4,9-10,12-15,23,28H,5-8,11,16-19,27H2,1H3,(H,29,33)/t23-,26?/m0/s1. The number of anilines is 1. The molecule has 0 radical (unpaired) electrons. The first-order valence-electron chi connectivity index (χ1n) is 12.3.